The Labute approximate surface area is 203 Å². The van der Waals surface area contributed by atoms with E-state index in [0.29, 0.717) is 21.9 Å². The van der Waals surface area contributed by atoms with Gasteiger partial charge in [0.15, 0.2) is 11.9 Å². The Morgan fingerprint density at radius 1 is 1.00 bits per heavy atom. The lowest BCUT2D eigenvalue weighted by Gasteiger charge is -2.20. The van der Waals surface area contributed by atoms with Crippen molar-refractivity contribution in [3.8, 4) is 17.1 Å². The number of ether oxygens (including phenoxy) is 1. The number of rotatable bonds is 5. The van der Waals surface area contributed by atoms with Crippen molar-refractivity contribution in [1.82, 2.24) is 0 Å². The predicted octanol–water partition coefficient (Wildman–Crippen LogP) is 6.82. The molecule has 0 bridgehead atoms. The largest absolute Gasteiger partial charge is 0.473 e. The minimum atomic E-state index is -0.952. The molecule has 0 fully saturated rings. The van der Waals surface area contributed by atoms with Gasteiger partial charge in [-0.05, 0) is 48.2 Å². The molecule has 3 aromatic carbocycles. The van der Waals surface area contributed by atoms with E-state index in [4.69, 9.17) is 20.8 Å². The first-order chi connectivity index (χ1) is 16.1. The highest BCUT2D eigenvalue weighted by molar-refractivity contribution is 6.31. The molecule has 6 heteroatoms. The number of carbonyl (C=O) groups is 1. The van der Waals surface area contributed by atoms with E-state index in [0.717, 1.165) is 5.56 Å². The van der Waals surface area contributed by atoms with Crippen LogP contribution in [0.1, 0.15) is 33.3 Å². The Bertz CT molecular complexity index is 1390. The van der Waals surface area contributed by atoms with Crippen LogP contribution < -0.4 is 15.5 Å². The molecule has 4 rings (SSSR count). The summed E-state index contributed by atoms with van der Waals surface area (Å²) in [6.45, 7) is 7.97. The third kappa shape index (κ3) is 5.00. The molecule has 1 N–H and O–H groups in total. The smallest absolute Gasteiger partial charge is 0.265 e. The van der Waals surface area contributed by atoms with Gasteiger partial charge >= 0.3 is 0 Å². The number of para-hydroxylation sites is 1. The van der Waals surface area contributed by atoms with E-state index < -0.39 is 11.5 Å². The Hall–Kier alpha value is -3.57. The molecule has 4 aromatic rings. The monoisotopic (exact) mass is 475 g/mol. The maximum absolute atomic E-state index is 13.4. The first kappa shape index (κ1) is 23.6. The van der Waals surface area contributed by atoms with E-state index in [1.165, 1.54) is 6.07 Å². The molecule has 34 heavy (non-hydrogen) atoms. The van der Waals surface area contributed by atoms with E-state index in [9.17, 15) is 9.59 Å². The maximum atomic E-state index is 13.4. The van der Waals surface area contributed by atoms with Gasteiger partial charge < -0.3 is 14.5 Å². The van der Waals surface area contributed by atoms with Crippen molar-refractivity contribution in [3.63, 3.8) is 0 Å². The van der Waals surface area contributed by atoms with Gasteiger partial charge in [0.25, 0.3) is 5.91 Å². The number of amides is 1. The first-order valence-corrected chi connectivity index (χ1v) is 11.4. The lowest BCUT2D eigenvalue weighted by atomic mass is 9.86. The fraction of sp³-hybridized carbons (Fsp3) is 0.214. The van der Waals surface area contributed by atoms with Crippen LogP contribution in [0.2, 0.25) is 5.02 Å². The average Bonchev–Trinajstić information content (AvgIpc) is 2.81. The van der Waals surface area contributed by atoms with Crippen molar-refractivity contribution < 1.29 is 13.9 Å². The lowest BCUT2D eigenvalue weighted by Crippen LogP contribution is -2.31. The number of hydrogen-bond acceptors (Lipinski definition) is 4. The third-order valence-electron chi connectivity index (χ3n) is 5.53. The fourth-order valence-electron chi connectivity index (χ4n) is 3.56. The molecule has 0 radical (unpaired) electrons. The molecule has 0 unspecified atom stereocenters. The molecule has 0 aliphatic heterocycles. The Kier molecular flexibility index (Phi) is 6.49. The standard InChI is InChI=1S/C28H26ClNO4/c1-17(27(32)30-21-8-6-5-7-9-21)33-26-24(31)22-16-20(29)14-15-23(22)34-25(26)18-10-12-19(13-11-18)28(2,3)4/h5-17H,1-4H3,(H,30,32)/t17-/m0/s1. The minimum Gasteiger partial charge on any atom is -0.473 e. The minimum absolute atomic E-state index is 0.0249. The van der Waals surface area contributed by atoms with E-state index in [-0.39, 0.29) is 28.2 Å². The molecule has 174 valence electrons. The van der Waals surface area contributed by atoms with E-state index in [2.05, 4.69) is 26.1 Å². The van der Waals surface area contributed by atoms with Crippen LogP contribution in [-0.2, 0) is 10.2 Å². The van der Waals surface area contributed by atoms with Crippen LogP contribution in [0.5, 0.6) is 5.75 Å². The third-order valence-corrected chi connectivity index (χ3v) is 5.76. The molecule has 0 aliphatic carbocycles. The van der Waals surface area contributed by atoms with Crippen LogP contribution in [0, 0.1) is 0 Å². The molecule has 1 heterocycles. The second-order valence-corrected chi connectivity index (χ2v) is 9.61. The van der Waals surface area contributed by atoms with Crippen LogP contribution >= 0.6 is 11.6 Å². The van der Waals surface area contributed by atoms with Crippen molar-refractivity contribution in [1.29, 1.82) is 0 Å². The van der Waals surface area contributed by atoms with Crippen molar-refractivity contribution >= 4 is 34.2 Å². The summed E-state index contributed by atoms with van der Waals surface area (Å²) < 4.78 is 12.1. The Morgan fingerprint density at radius 3 is 2.32 bits per heavy atom. The number of halogens is 1. The van der Waals surface area contributed by atoms with Gasteiger partial charge in [0.2, 0.25) is 11.2 Å². The van der Waals surface area contributed by atoms with Crippen LogP contribution in [0.15, 0.2) is 82.0 Å². The highest BCUT2D eigenvalue weighted by atomic mass is 35.5. The van der Waals surface area contributed by atoms with Crippen molar-refractivity contribution in [2.75, 3.05) is 5.32 Å². The number of benzene rings is 3. The molecular formula is C28H26ClNO4. The lowest BCUT2D eigenvalue weighted by molar-refractivity contribution is -0.122. The van der Waals surface area contributed by atoms with Crippen LogP contribution in [0.4, 0.5) is 5.69 Å². The summed E-state index contributed by atoms with van der Waals surface area (Å²) in [5.41, 5.74) is 2.43. The van der Waals surface area contributed by atoms with Crippen molar-refractivity contribution in [2.45, 2.75) is 39.2 Å². The van der Waals surface area contributed by atoms with Gasteiger partial charge in [0.1, 0.15) is 5.58 Å². The molecule has 5 nitrogen and oxygen atoms in total. The molecule has 0 aliphatic rings. The van der Waals surface area contributed by atoms with E-state index in [1.807, 2.05) is 42.5 Å². The molecule has 1 atom stereocenters. The zero-order valence-corrected chi connectivity index (χ0v) is 20.3. The molecule has 0 spiro atoms. The molecule has 0 saturated carbocycles. The fourth-order valence-corrected chi connectivity index (χ4v) is 3.74. The second-order valence-electron chi connectivity index (χ2n) is 9.17. The van der Waals surface area contributed by atoms with E-state index >= 15 is 0 Å². The van der Waals surface area contributed by atoms with Gasteiger partial charge in [-0.1, -0.05) is 74.8 Å². The summed E-state index contributed by atoms with van der Waals surface area (Å²) in [5, 5.41) is 3.48. The number of carbonyl (C=O) groups excluding carboxylic acids is 1. The molecule has 1 amide bonds. The maximum Gasteiger partial charge on any atom is 0.265 e. The summed E-state index contributed by atoms with van der Waals surface area (Å²) in [7, 11) is 0. The van der Waals surface area contributed by atoms with Crippen LogP contribution in [0.25, 0.3) is 22.3 Å². The highest BCUT2D eigenvalue weighted by Crippen LogP contribution is 2.34. The summed E-state index contributed by atoms with van der Waals surface area (Å²) in [4.78, 5) is 26.2. The SMILES string of the molecule is C[C@H](Oc1c(-c2ccc(C(C)(C)C)cc2)oc2ccc(Cl)cc2c1=O)C(=O)Nc1ccccc1. The van der Waals surface area contributed by atoms with Crippen molar-refractivity contribution in [3.05, 3.63) is 93.6 Å². The van der Waals surface area contributed by atoms with Crippen molar-refractivity contribution in [2.24, 2.45) is 0 Å². The van der Waals surface area contributed by atoms with Gasteiger partial charge in [-0.3, -0.25) is 9.59 Å². The first-order valence-electron chi connectivity index (χ1n) is 11.0. The quantitative estimate of drug-likeness (QED) is 0.344. The Balaban J connectivity index is 1.76. The summed E-state index contributed by atoms with van der Waals surface area (Å²) in [5.74, 6) is -0.153. The zero-order valence-electron chi connectivity index (χ0n) is 19.5. The number of hydrogen-bond donors (Lipinski definition) is 1. The molecule has 1 aromatic heterocycles. The average molecular weight is 476 g/mol. The predicted molar refractivity (Wildman–Crippen MR) is 137 cm³/mol. The number of anilines is 1. The highest BCUT2D eigenvalue weighted by Gasteiger charge is 2.24. The number of nitrogens with one attached hydrogen (secondary N) is 1. The molecular weight excluding hydrogens is 450 g/mol. The topological polar surface area (TPSA) is 68.5 Å². The van der Waals surface area contributed by atoms with E-state index in [1.54, 1.807) is 31.2 Å². The summed E-state index contributed by atoms with van der Waals surface area (Å²) >= 11 is 6.12. The van der Waals surface area contributed by atoms with Crippen LogP contribution in [0.3, 0.4) is 0 Å². The summed E-state index contributed by atoms with van der Waals surface area (Å²) in [6.07, 6.45) is -0.952. The zero-order chi connectivity index (χ0) is 24.5. The summed E-state index contributed by atoms with van der Waals surface area (Å²) in [6, 6.07) is 21.7. The van der Waals surface area contributed by atoms with Gasteiger partial charge in [0.05, 0.1) is 5.39 Å². The van der Waals surface area contributed by atoms with Gasteiger partial charge in [-0.25, -0.2) is 0 Å². The molecule has 0 saturated heterocycles. The second kappa shape index (κ2) is 9.35. The van der Waals surface area contributed by atoms with Gasteiger partial charge in [-0.15, -0.1) is 0 Å². The normalized spacial score (nSPS) is 12.4. The van der Waals surface area contributed by atoms with Gasteiger partial charge in [-0.2, -0.15) is 0 Å². The number of fused-ring (bicyclic) bond motifs is 1. The van der Waals surface area contributed by atoms with Crippen LogP contribution in [-0.4, -0.2) is 12.0 Å². The van der Waals surface area contributed by atoms with Gasteiger partial charge in [0, 0.05) is 16.3 Å². The Morgan fingerprint density at radius 2 is 1.68 bits per heavy atom.